The Kier molecular flexibility index (Phi) is 4.49. The number of nitrogen functional groups attached to an aromatic ring is 1. The first-order valence-electron chi connectivity index (χ1n) is 6.43. The maximum Gasteiger partial charge on any atom is 0.300 e. The summed E-state index contributed by atoms with van der Waals surface area (Å²) in [6.07, 6.45) is 0. The summed E-state index contributed by atoms with van der Waals surface area (Å²) in [5.41, 5.74) is 3.88. The average Bonchev–Trinajstić information content (AvgIpc) is 2.86. The van der Waals surface area contributed by atoms with Crippen molar-refractivity contribution in [2.45, 2.75) is 20.5 Å². The van der Waals surface area contributed by atoms with Gasteiger partial charge in [-0.05, 0) is 37.6 Å². The van der Waals surface area contributed by atoms with E-state index in [4.69, 9.17) is 19.7 Å². The molecule has 0 unspecified atom stereocenters. The highest BCUT2D eigenvalue weighted by Crippen LogP contribution is 2.29. The summed E-state index contributed by atoms with van der Waals surface area (Å²) in [6, 6.07) is 7.29. The van der Waals surface area contributed by atoms with Crippen LogP contribution < -0.4 is 20.7 Å². The molecule has 0 aliphatic carbocycles. The highest BCUT2D eigenvalue weighted by molar-refractivity contribution is 5.91. The lowest BCUT2D eigenvalue weighted by molar-refractivity contribution is 0.0924. The van der Waals surface area contributed by atoms with Crippen LogP contribution in [0.1, 0.15) is 27.4 Å². The van der Waals surface area contributed by atoms with Gasteiger partial charge < -0.3 is 13.9 Å². The number of carbonyl (C=O) groups excluding carboxylic acids is 1. The Labute approximate surface area is 122 Å². The van der Waals surface area contributed by atoms with Gasteiger partial charge in [0.05, 0.1) is 7.11 Å². The second kappa shape index (κ2) is 6.32. The van der Waals surface area contributed by atoms with Crippen molar-refractivity contribution in [3.63, 3.8) is 0 Å². The minimum atomic E-state index is -0.475. The van der Waals surface area contributed by atoms with Crippen LogP contribution in [0.3, 0.4) is 0 Å². The van der Waals surface area contributed by atoms with Crippen LogP contribution in [0, 0.1) is 13.8 Å². The van der Waals surface area contributed by atoms with E-state index in [1.54, 1.807) is 20.1 Å². The Morgan fingerprint density at radius 1 is 1.29 bits per heavy atom. The van der Waals surface area contributed by atoms with Gasteiger partial charge in [0.1, 0.15) is 12.4 Å². The average molecular weight is 290 g/mol. The number of amides is 1. The number of methoxy groups -OCH3 is 1. The number of hydrazine groups is 1. The van der Waals surface area contributed by atoms with E-state index < -0.39 is 5.91 Å². The van der Waals surface area contributed by atoms with E-state index in [-0.39, 0.29) is 12.4 Å². The van der Waals surface area contributed by atoms with E-state index in [2.05, 4.69) is 0 Å². The molecule has 1 aromatic carbocycles. The number of benzene rings is 1. The topological polar surface area (TPSA) is 86.7 Å². The second-order valence-corrected chi connectivity index (χ2v) is 4.61. The molecular weight excluding hydrogens is 272 g/mol. The molecule has 0 atom stereocenters. The van der Waals surface area contributed by atoms with Crippen molar-refractivity contribution in [3.8, 4) is 11.5 Å². The zero-order chi connectivity index (χ0) is 15.4. The van der Waals surface area contributed by atoms with E-state index in [1.165, 1.54) is 0 Å². The number of nitrogens with one attached hydrogen (secondary N) is 1. The van der Waals surface area contributed by atoms with Gasteiger partial charge in [-0.3, -0.25) is 10.2 Å². The van der Waals surface area contributed by atoms with Gasteiger partial charge in [0.15, 0.2) is 17.3 Å². The summed E-state index contributed by atoms with van der Waals surface area (Å²) in [4.78, 5) is 11.4. The highest BCUT2D eigenvalue weighted by atomic mass is 16.5. The molecule has 6 nitrogen and oxygen atoms in total. The fraction of sp³-hybridized carbons (Fsp3) is 0.267. The van der Waals surface area contributed by atoms with Crippen LogP contribution >= 0.6 is 0 Å². The van der Waals surface area contributed by atoms with Gasteiger partial charge in [0, 0.05) is 5.56 Å². The fourth-order valence-electron chi connectivity index (χ4n) is 1.90. The molecule has 1 heterocycles. The minimum Gasteiger partial charge on any atom is -0.493 e. The molecule has 3 N–H and O–H groups in total. The highest BCUT2D eigenvalue weighted by Gasteiger charge is 2.14. The Morgan fingerprint density at radius 2 is 2.05 bits per heavy atom. The Balaban J connectivity index is 2.13. The summed E-state index contributed by atoms with van der Waals surface area (Å²) in [6.45, 7) is 4.01. The maximum atomic E-state index is 11.4. The van der Waals surface area contributed by atoms with Crippen LogP contribution in [0.5, 0.6) is 11.5 Å². The molecule has 0 fully saturated rings. The smallest absolute Gasteiger partial charge is 0.300 e. The number of rotatable bonds is 5. The van der Waals surface area contributed by atoms with E-state index in [0.717, 1.165) is 11.1 Å². The lowest BCUT2D eigenvalue weighted by Crippen LogP contribution is -2.29. The fourth-order valence-corrected chi connectivity index (χ4v) is 1.90. The maximum absolute atomic E-state index is 11.4. The van der Waals surface area contributed by atoms with Crippen molar-refractivity contribution in [3.05, 3.63) is 46.9 Å². The number of hydrogen-bond acceptors (Lipinski definition) is 5. The van der Waals surface area contributed by atoms with Crippen LogP contribution in [0.2, 0.25) is 0 Å². The lowest BCUT2D eigenvalue weighted by Gasteiger charge is -2.10. The number of carbonyl (C=O) groups is 1. The number of aryl methyl sites for hydroxylation is 2. The van der Waals surface area contributed by atoms with Gasteiger partial charge in [0.2, 0.25) is 0 Å². The third-order valence-corrected chi connectivity index (χ3v) is 3.08. The molecule has 21 heavy (non-hydrogen) atoms. The molecule has 2 aromatic rings. The lowest BCUT2D eigenvalue weighted by atomic mass is 10.2. The molecule has 0 radical (unpaired) electrons. The van der Waals surface area contributed by atoms with Crippen molar-refractivity contribution >= 4 is 5.91 Å². The minimum absolute atomic E-state index is 0.157. The zero-order valence-electron chi connectivity index (χ0n) is 12.2. The van der Waals surface area contributed by atoms with Crippen LogP contribution in [-0.4, -0.2) is 13.0 Å². The molecule has 1 amide bonds. The van der Waals surface area contributed by atoms with Crippen LogP contribution in [0.15, 0.2) is 28.7 Å². The monoisotopic (exact) mass is 290 g/mol. The molecule has 0 saturated carbocycles. The zero-order valence-corrected chi connectivity index (χ0v) is 12.2. The Bertz CT molecular complexity index is 649. The van der Waals surface area contributed by atoms with Crippen LogP contribution in [0.4, 0.5) is 0 Å². The van der Waals surface area contributed by atoms with E-state index in [1.807, 2.05) is 30.5 Å². The molecule has 0 bridgehead atoms. The number of furan rings is 1. The molecule has 0 saturated heterocycles. The van der Waals surface area contributed by atoms with E-state index >= 15 is 0 Å². The Morgan fingerprint density at radius 3 is 2.71 bits per heavy atom. The predicted octanol–water partition coefficient (Wildman–Crippen LogP) is 2.09. The van der Waals surface area contributed by atoms with Crippen molar-refractivity contribution < 1.29 is 18.7 Å². The summed E-state index contributed by atoms with van der Waals surface area (Å²) >= 11 is 0. The Hall–Kier alpha value is -2.47. The van der Waals surface area contributed by atoms with E-state index in [0.29, 0.717) is 17.3 Å². The van der Waals surface area contributed by atoms with Gasteiger partial charge in [-0.25, -0.2) is 5.84 Å². The molecule has 0 aliphatic rings. The molecule has 112 valence electrons. The third-order valence-electron chi connectivity index (χ3n) is 3.08. The summed E-state index contributed by atoms with van der Waals surface area (Å²) in [7, 11) is 1.59. The van der Waals surface area contributed by atoms with Crippen LogP contribution in [-0.2, 0) is 6.61 Å². The largest absolute Gasteiger partial charge is 0.493 e. The van der Waals surface area contributed by atoms with Gasteiger partial charge in [-0.15, -0.1) is 0 Å². The first-order valence-corrected chi connectivity index (χ1v) is 6.43. The van der Waals surface area contributed by atoms with Gasteiger partial charge in [-0.1, -0.05) is 6.07 Å². The van der Waals surface area contributed by atoms with Crippen molar-refractivity contribution in [1.29, 1.82) is 0 Å². The molecular formula is C15H18N2O4. The summed E-state index contributed by atoms with van der Waals surface area (Å²) in [5.74, 6) is 6.66. The first kappa shape index (κ1) is 14.9. The predicted molar refractivity (Wildman–Crippen MR) is 77.2 cm³/mol. The second-order valence-electron chi connectivity index (χ2n) is 4.61. The van der Waals surface area contributed by atoms with Gasteiger partial charge in [-0.2, -0.15) is 0 Å². The normalized spacial score (nSPS) is 10.3. The SMILES string of the molecule is COc1cc(C)ccc1OCc1cc(C(=O)NN)oc1C. The van der Waals surface area contributed by atoms with Crippen molar-refractivity contribution in [1.82, 2.24) is 5.43 Å². The van der Waals surface area contributed by atoms with Gasteiger partial charge >= 0.3 is 5.91 Å². The number of nitrogens with two attached hydrogens (primary N) is 1. The van der Waals surface area contributed by atoms with Crippen LogP contribution in [0.25, 0.3) is 0 Å². The van der Waals surface area contributed by atoms with E-state index in [9.17, 15) is 4.79 Å². The third kappa shape index (κ3) is 3.35. The summed E-state index contributed by atoms with van der Waals surface area (Å²) < 4.78 is 16.3. The first-order chi connectivity index (χ1) is 10.0. The molecule has 6 heteroatoms. The number of ether oxygens (including phenoxy) is 2. The molecule has 0 spiro atoms. The summed E-state index contributed by atoms with van der Waals surface area (Å²) in [5, 5.41) is 0. The standard InChI is InChI=1S/C15H18N2O4/c1-9-4-5-12(13(6-9)19-3)20-8-11-7-14(15(18)17-16)21-10(11)2/h4-7H,8,16H2,1-3H3,(H,17,18). The quantitative estimate of drug-likeness (QED) is 0.500. The molecule has 1 aromatic heterocycles. The molecule has 0 aliphatic heterocycles. The molecule has 2 rings (SSSR count). The van der Waals surface area contributed by atoms with Crippen molar-refractivity contribution in [2.75, 3.05) is 7.11 Å². The number of hydrogen-bond donors (Lipinski definition) is 2. The van der Waals surface area contributed by atoms with Crippen molar-refractivity contribution in [2.24, 2.45) is 5.84 Å². The van der Waals surface area contributed by atoms with Gasteiger partial charge in [0.25, 0.3) is 0 Å².